The summed E-state index contributed by atoms with van der Waals surface area (Å²) in [5.74, 6) is -0.148. The average molecular weight is 237 g/mol. The van der Waals surface area contributed by atoms with Crippen LogP contribution in [0.3, 0.4) is 0 Å². The fourth-order valence-electron chi connectivity index (χ4n) is 2.21. The Hall–Kier alpha value is -0.930. The van der Waals surface area contributed by atoms with Crippen molar-refractivity contribution in [3.63, 3.8) is 0 Å². The standard InChI is InChI=1S/C14H20FNO/c1-10(2)16-6-7-17-14(9-16)12-4-5-13(15)11(3)8-12/h4-5,8,10,14H,6-7,9H2,1-3H3. The Kier molecular flexibility index (Phi) is 3.79. The molecule has 1 atom stereocenters. The lowest BCUT2D eigenvalue weighted by Gasteiger charge is -2.35. The Labute approximate surface area is 102 Å². The van der Waals surface area contributed by atoms with E-state index in [1.165, 1.54) is 6.07 Å². The molecule has 1 aliphatic rings. The van der Waals surface area contributed by atoms with E-state index in [0.29, 0.717) is 11.6 Å². The Balaban J connectivity index is 2.13. The second-order valence-electron chi connectivity index (χ2n) is 4.96. The van der Waals surface area contributed by atoms with E-state index in [9.17, 15) is 4.39 Å². The summed E-state index contributed by atoms with van der Waals surface area (Å²) in [5.41, 5.74) is 1.77. The van der Waals surface area contributed by atoms with Gasteiger partial charge in [0.15, 0.2) is 0 Å². The molecular weight excluding hydrogens is 217 g/mol. The zero-order chi connectivity index (χ0) is 12.4. The van der Waals surface area contributed by atoms with Gasteiger partial charge in [-0.1, -0.05) is 12.1 Å². The van der Waals surface area contributed by atoms with Crippen LogP contribution in [-0.4, -0.2) is 30.6 Å². The molecule has 2 rings (SSSR count). The molecule has 2 nitrogen and oxygen atoms in total. The van der Waals surface area contributed by atoms with Crippen molar-refractivity contribution in [1.82, 2.24) is 4.90 Å². The molecule has 0 aromatic heterocycles. The van der Waals surface area contributed by atoms with Crippen molar-refractivity contribution in [2.45, 2.75) is 32.9 Å². The lowest BCUT2D eigenvalue weighted by atomic mass is 10.0. The number of nitrogens with zero attached hydrogens (tertiary/aromatic N) is 1. The average Bonchev–Trinajstić information content (AvgIpc) is 2.33. The molecule has 94 valence electrons. The Bertz CT molecular complexity index is 392. The van der Waals surface area contributed by atoms with Gasteiger partial charge in [0.25, 0.3) is 0 Å². The first-order chi connectivity index (χ1) is 8.08. The van der Waals surface area contributed by atoms with Crippen molar-refractivity contribution >= 4 is 0 Å². The molecule has 1 heterocycles. The minimum atomic E-state index is -0.148. The summed E-state index contributed by atoms with van der Waals surface area (Å²) in [6, 6.07) is 5.78. The molecule has 1 aromatic rings. The van der Waals surface area contributed by atoms with Gasteiger partial charge in [-0.15, -0.1) is 0 Å². The van der Waals surface area contributed by atoms with Crippen LogP contribution in [0.15, 0.2) is 18.2 Å². The first-order valence-corrected chi connectivity index (χ1v) is 6.19. The zero-order valence-corrected chi connectivity index (χ0v) is 10.7. The SMILES string of the molecule is Cc1cc(C2CN(C(C)C)CCO2)ccc1F. The van der Waals surface area contributed by atoms with Crippen molar-refractivity contribution < 1.29 is 9.13 Å². The Morgan fingerprint density at radius 3 is 2.82 bits per heavy atom. The normalized spacial score (nSPS) is 22.1. The molecular formula is C14H20FNO. The van der Waals surface area contributed by atoms with Gasteiger partial charge in [0.1, 0.15) is 5.82 Å². The molecule has 0 bridgehead atoms. The minimum Gasteiger partial charge on any atom is -0.371 e. The van der Waals surface area contributed by atoms with Gasteiger partial charge in [-0.05, 0) is 38.0 Å². The summed E-state index contributed by atoms with van der Waals surface area (Å²) < 4.78 is 19.0. The smallest absolute Gasteiger partial charge is 0.126 e. The van der Waals surface area contributed by atoms with Gasteiger partial charge in [-0.2, -0.15) is 0 Å². The molecule has 1 aromatic carbocycles. The first kappa shape index (κ1) is 12.5. The largest absolute Gasteiger partial charge is 0.371 e. The third-order valence-electron chi connectivity index (χ3n) is 3.38. The Morgan fingerprint density at radius 1 is 1.41 bits per heavy atom. The highest BCUT2D eigenvalue weighted by molar-refractivity contribution is 5.26. The minimum absolute atomic E-state index is 0.0745. The van der Waals surface area contributed by atoms with Gasteiger partial charge >= 0.3 is 0 Å². The molecule has 17 heavy (non-hydrogen) atoms. The van der Waals surface area contributed by atoms with Crippen LogP contribution in [0.25, 0.3) is 0 Å². The third kappa shape index (κ3) is 2.85. The van der Waals surface area contributed by atoms with Crippen LogP contribution in [0.4, 0.5) is 4.39 Å². The maximum atomic E-state index is 13.2. The second kappa shape index (κ2) is 5.15. The summed E-state index contributed by atoms with van der Waals surface area (Å²) in [7, 11) is 0. The molecule has 0 spiro atoms. The van der Waals surface area contributed by atoms with Crippen LogP contribution in [0.5, 0.6) is 0 Å². The lowest BCUT2D eigenvalue weighted by molar-refractivity contribution is -0.0402. The first-order valence-electron chi connectivity index (χ1n) is 6.19. The highest BCUT2D eigenvalue weighted by atomic mass is 19.1. The molecule has 3 heteroatoms. The number of ether oxygens (including phenoxy) is 1. The highest BCUT2D eigenvalue weighted by Gasteiger charge is 2.23. The summed E-state index contributed by atoms with van der Waals surface area (Å²) >= 11 is 0. The topological polar surface area (TPSA) is 12.5 Å². The molecule has 1 saturated heterocycles. The fourth-order valence-corrected chi connectivity index (χ4v) is 2.21. The molecule has 0 amide bonds. The van der Waals surface area contributed by atoms with Gasteiger partial charge in [0.05, 0.1) is 12.7 Å². The van der Waals surface area contributed by atoms with Crippen LogP contribution >= 0.6 is 0 Å². The predicted molar refractivity (Wildman–Crippen MR) is 66.5 cm³/mol. The van der Waals surface area contributed by atoms with Crippen LogP contribution in [0.2, 0.25) is 0 Å². The molecule has 1 unspecified atom stereocenters. The van der Waals surface area contributed by atoms with E-state index in [1.54, 1.807) is 6.92 Å². The summed E-state index contributed by atoms with van der Waals surface area (Å²) in [6.45, 7) is 8.80. The van der Waals surface area contributed by atoms with Crippen molar-refractivity contribution in [2.24, 2.45) is 0 Å². The van der Waals surface area contributed by atoms with Crippen molar-refractivity contribution in [1.29, 1.82) is 0 Å². The predicted octanol–water partition coefficient (Wildman–Crippen LogP) is 2.92. The van der Waals surface area contributed by atoms with Gasteiger partial charge in [-0.3, -0.25) is 4.90 Å². The van der Waals surface area contributed by atoms with Crippen LogP contribution in [-0.2, 0) is 4.74 Å². The molecule has 0 N–H and O–H groups in total. The van der Waals surface area contributed by atoms with Gasteiger partial charge in [-0.25, -0.2) is 4.39 Å². The molecule has 0 aliphatic carbocycles. The molecule has 0 saturated carbocycles. The van der Waals surface area contributed by atoms with Crippen molar-refractivity contribution in [2.75, 3.05) is 19.7 Å². The van der Waals surface area contributed by atoms with E-state index >= 15 is 0 Å². The van der Waals surface area contributed by atoms with E-state index in [2.05, 4.69) is 18.7 Å². The number of rotatable bonds is 2. The Morgan fingerprint density at radius 2 is 2.18 bits per heavy atom. The van der Waals surface area contributed by atoms with E-state index in [-0.39, 0.29) is 11.9 Å². The van der Waals surface area contributed by atoms with Crippen LogP contribution < -0.4 is 0 Å². The monoisotopic (exact) mass is 237 g/mol. The highest BCUT2D eigenvalue weighted by Crippen LogP contribution is 2.24. The molecule has 1 fully saturated rings. The maximum absolute atomic E-state index is 13.2. The third-order valence-corrected chi connectivity index (χ3v) is 3.38. The van der Waals surface area contributed by atoms with Crippen molar-refractivity contribution in [3.8, 4) is 0 Å². The fraction of sp³-hybridized carbons (Fsp3) is 0.571. The van der Waals surface area contributed by atoms with Gasteiger partial charge < -0.3 is 4.74 Å². The molecule has 1 aliphatic heterocycles. The number of morpholine rings is 1. The second-order valence-corrected chi connectivity index (χ2v) is 4.96. The van der Waals surface area contributed by atoms with Crippen molar-refractivity contribution in [3.05, 3.63) is 35.1 Å². The number of aryl methyl sites for hydroxylation is 1. The number of hydrogen-bond acceptors (Lipinski definition) is 2. The lowest BCUT2D eigenvalue weighted by Crippen LogP contribution is -2.42. The summed E-state index contributed by atoms with van der Waals surface area (Å²) in [4.78, 5) is 2.40. The van der Waals surface area contributed by atoms with E-state index < -0.39 is 0 Å². The zero-order valence-electron chi connectivity index (χ0n) is 10.7. The summed E-state index contributed by atoms with van der Waals surface area (Å²) in [5, 5.41) is 0. The number of hydrogen-bond donors (Lipinski definition) is 0. The van der Waals surface area contributed by atoms with Gasteiger partial charge in [0, 0.05) is 19.1 Å². The van der Waals surface area contributed by atoms with Gasteiger partial charge in [0.2, 0.25) is 0 Å². The van der Waals surface area contributed by atoms with E-state index in [1.807, 2.05) is 12.1 Å². The van der Waals surface area contributed by atoms with E-state index in [0.717, 1.165) is 25.3 Å². The number of halogens is 1. The summed E-state index contributed by atoms with van der Waals surface area (Å²) in [6.07, 6.45) is 0.0745. The van der Waals surface area contributed by atoms with Crippen LogP contribution in [0.1, 0.15) is 31.1 Å². The van der Waals surface area contributed by atoms with E-state index in [4.69, 9.17) is 4.74 Å². The van der Waals surface area contributed by atoms with Crippen LogP contribution in [0, 0.1) is 12.7 Å². The quantitative estimate of drug-likeness (QED) is 0.784. The number of benzene rings is 1. The molecule has 0 radical (unpaired) electrons. The maximum Gasteiger partial charge on any atom is 0.126 e.